The Labute approximate surface area is 135 Å². The zero-order valence-corrected chi connectivity index (χ0v) is 13.3. The SMILES string of the molecule is COc1cccc(-c2noc(COC(=O)c3cnc(C)s3)n2)c1. The van der Waals surface area contributed by atoms with Gasteiger partial charge >= 0.3 is 5.97 Å². The quantitative estimate of drug-likeness (QED) is 0.664. The molecule has 1 aromatic carbocycles. The highest BCUT2D eigenvalue weighted by molar-refractivity contribution is 7.13. The summed E-state index contributed by atoms with van der Waals surface area (Å²) in [5.74, 6) is 0.860. The Balaban J connectivity index is 1.66. The van der Waals surface area contributed by atoms with Crippen LogP contribution >= 0.6 is 11.3 Å². The second-order valence-corrected chi connectivity index (χ2v) is 5.80. The van der Waals surface area contributed by atoms with E-state index >= 15 is 0 Å². The Bertz CT molecular complexity index is 828. The van der Waals surface area contributed by atoms with Crippen molar-refractivity contribution < 1.29 is 18.8 Å². The molecule has 0 fully saturated rings. The van der Waals surface area contributed by atoms with Gasteiger partial charge in [0, 0.05) is 5.56 Å². The molecule has 0 saturated carbocycles. The second-order valence-electron chi connectivity index (χ2n) is 4.56. The molecule has 8 heteroatoms. The molecular formula is C15H13N3O4S. The van der Waals surface area contributed by atoms with E-state index < -0.39 is 5.97 Å². The van der Waals surface area contributed by atoms with Crippen LogP contribution in [-0.4, -0.2) is 28.2 Å². The molecule has 0 spiro atoms. The summed E-state index contributed by atoms with van der Waals surface area (Å²) in [7, 11) is 1.58. The van der Waals surface area contributed by atoms with Crippen LogP contribution in [0.3, 0.4) is 0 Å². The van der Waals surface area contributed by atoms with Gasteiger partial charge < -0.3 is 14.0 Å². The minimum Gasteiger partial charge on any atom is -0.497 e. The monoisotopic (exact) mass is 331 g/mol. The molecule has 0 aliphatic rings. The lowest BCUT2D eigenvalue weighted by atomic mass is 10.2. The summed E-state index contributed by atoms with van der Waals surface area (Å²) in [6.07, 6.45) is 1.48. The summed E-state index contributed by atoms with van der Waals surface area (Å²) in [6.45, 7) is 1.73. The van der Waals surface area contributed by atoms with Crippen molar-refractivity contribution >= 4 is 17.3 Å². The average molecular weight is 331 g/mol. The summed E-state index contributed by atoms with van der Waals surface area (Å²) in [4.78, 5) is 20.5. The fraction of sp³-hybridized carbons (Fsp3) is 0.200. The average Bonchev–Trinajstić information content (AvgIpc) is 3.22. The molecule has 0 amide bonds. The maximum atomic E-state index is 11.8. The van der Waals surface area contributed by atoms with Crippen LogP contribution in [0.1, 0.15) is 20.6 Å². The van der Waals surface area contributed by atoms with E-state index in [2.05, 4.69) is 15.1 Å². The third-order valence-electron chi connectivity index (χ3n) is 2.95. The molecule has 0 radical (unpaired) electrons. The third kappa shape index (κ3) is 3.54. The van der Waals surface area contributed by atoms with E-state index in [4.69, 9.17) is 14.0 Å². The zero-order valence-electron chi connectivity index (χ0n) is 12.5. The predicted molar refractivity (Wildman–Crippen MR) is 82.3 cm³/mol. The molecule has 0 N–H and O–H groups in total. The van der Waals surface area contributed by atoms with E-state index in [1.807, 2.05) is 25.1 Å². The van der Waals surface area contributed by atoms with Gasteiger partial charge in [-0.05, 0) is 19.1 Å². The van der Waals surface area contributed by atoms with Crippen molar-refractivity contribution in [2.24, 2.45) is 0 Å². The maximum Gasteiger partial charge on any atom is 0.350 e. The van der Waals surface area contributed by atoms with E-state index in [1.165, 1.54) is 17.5 Å². The van der Waals surface area contributed by atoms with Crippen LogP contribution in [0.25, 0.3) is 11.4 Å². The molecule has 0 bridgehead atoms. The molecule has 2 aromatic heterocycles. The summed E-state index contributed by atoms with van der Waals surface area (Å²) in [6, 6.07) is 7.28. The second kappa shape index (κ2) is 6.57. The number of carbonyl (C=O) groups excluding carboxylic acids is 1. The van der Waals surface area contributed by atoms with E-state index in [9.17, 15) is 4.79 Å². The minimum atomic E-state index is -0.461. The van der Waals surface area contributed by atoms with Crippen molar-refractivity contribution in [2.45, 2.75) is 13.5 Å². The van der Waals surface area contributed by atoms with E-state index in [-0.39, 0.29) is 12.5 Å². The number of carbonyl (C=O) groups is 1. The van der Waals surface area contributed by atoms with Crippen LogP contribution in [0, 0.1) is 6.92 Å². The standard InChI is InChI=1S/C15H13N3O4S/c1-9-16-7-12(23-9)15(19)21-8-13-17-14(18-22-13)10-4-3-5-11(6-10)20-2/h3-7H,8H2,1-2H3. The van der Waals surface area contributed by atoms with E-state index in [0.717, 1.165) is 10.6 Å². The normalized spacial score (nSPS) is 10.5. The van der Waals surface area contributed by atoms with E-state index in [1.54, 1.807) is 13.2 Å². The van der Waals surface area contributed by atoms with Gasteiger partial charge in [0.25, 0.3) is 5.89 Å². The van der Waals surface area contributed by atoms with Gasteiger partial charge in [0.2, 0.25) is 5.82 Å². The van der Waals surface area contributed by atoms with Crippen LogP contribution in [0.5, 0.6) is 5.75 Å². The molecule has 7 nitrogen and oxygen atoms in total. The third-order valence-corrected chi connectivity index (χ3v) is 3.84. The Kier molecular flexibility index (Phi) is 4.33. The molecule has 0 unspecified atom stereocenters. The summed E-state index contributed by atoms with van der Waals surface area (Å²) in [5, 5.41) is 4.67. The van der Waals surface area contributed by atoms with Crippen LogP contribution in [0.4, 0.5) is 0 Å². The molecule has 0 aliphatic heterocycles. The Hall–Kier alpha value is -2.74. The number of aryl methyl sites for hydroxylation is 1. The van der Waals surface area contributed by atoms with Gasteiger partial charge in [-0.15, -0.1) is 11.3 Å². The maximum absolute atomic E-state index is 11.8. The lowest BCUT2D eigenvalue weighted by Crippen LogP contribution is -2.03. The van der Waals surface area contributed by atoms with Crippen LogP contribution in [-0.2, 0) is 11.3 Å². The largest absolute Gasteiger partial charge is 0.497 e. The Morgan fingerprint density at radius 2 is 2.26 bits per heavy atom. The number of methoxy groups -OCH3 is 1. The van der Waals surface area contributed by atoms with Crippen molar-refractivity contribution in [2.75, 3.05) is 7.11 Å². The number of benzene rings is 1. The van der Waals surface area contributed by atoms with Crippen molar-refractivity contribution in [1.29, 1.82) is 0 Å². The van der Waals surface area contributed by atoms with Crippen molar-refractivity contribution in [3.05, 3.63) is 46.2 Å². The van der Waals surface area contributed by atoms with Crippen molar-refractivity contribution in [3.8, 4) is 17.1 Å². The first-order valence-corrected chi connectivity index (χ1v) is 7.54. The highest BCUT2D eigenvalue weighted by Crippen LogP contribution is 2.21. The number of thiazole rings is 1. The molecule has 2 heterocycles. The molecule has 0 saturated heterocycles. The smallest absolute Gasteiger partial charge is 0.350 e. The molecule has 3 aromatic rings. The van der Waals surface area contributed by atoms with Crippen LogP contribution in [0.15, 0.2) is 35.0 Å². The molecular weight excluding hydrogens is 318 g/mol. The summed E-state index contributed by atoms with van der Waals surface area (Å²) in [5.41, 5.74) is 0.753. The zero-order chi connectivity index (χ0) is 16.2. The fourth-order valence-electron chi connectivity index (χ4n) is 1.85. The van der Waals surface area contributed by atoms with Gasteiger partial charge in [-0.3, -0.25) is 0 Å². The van der Waals surface area contributed by atoms with Crippen molar-refractivity contribution in [3.63, 3.8) is 0 Å². The predicted octanol–water partition coefficient (Wildman–Crippen LogP) is 2.87. The highest BCUT2D eigenvalue weighted by atomic mass is 32.1. The lowest BCUT2D eigenvalue weighted by molar-refractivity contribution is 0.0435. The molecule has 23 heavy (non-hydrogen) atoms. The Morgan fingerprint density at radius 3 is 3.00 bits per heavy atom. The molecule has 0 atom stereocenters. The van der Waals surface area contributed by atoms with Crippen LogP contribution in [0.2, 0.25) is 0 Å². The highest BCUT2D eigenvalue weighted by Gasteiger charge is 2.14. The van der Waals surface area contributed by atoms with Crippen LogP contribution < -0.4 is 4.74 Å². The number of esters is 1. The van der Waals surface area contributed by atoms with Gasteiger partial charge in [-0.25, -0.2) is 9.78 Å². The number of hydrogen-bond donors (Lipinski definition) is 0. The number of ether oxygens (including phenoxy) is 2. The summed E-state index contributed by atoms with van der Waals surface area (Å²) < 4.78 is 15.4. The Morgan fingerprint density at radius 1 is 1.39 bits per heavy atom. The lowest BCUT2D eigenvalue weighted by Gasteiger charge is -2.00. The van der Waals surface area contributed by atoms with E-state index in [0.29, 0.717) is 16.5 Å². The molecule has 0 aliphatic carbocycles. The number of nitrogens with zero attached hydrogens (tertiary/aromatic N) is 3. The van der Waals surface area contributed by atoms with Gasteiger partial charge in [-0.2, -0.15) is 4.98 Å². The fourth-order valence-corrected chi connectivity index (χ4v) is 2.52. The molecule has 118 valence electrons. The first-order chi connectivity index (χ1) is 11.2. The molecule has 3 rings (SSSR count). The minimum absolute atomic E-state index is 0.0905. The number of rotatable bonds is 5. The topological polar surface area (TPSA) is 87.3 Å². The van der Waals surface area contributed by atoms with Gasteiger partial charge in [0.05, 0.1) is 18.3 Å². The van der Waals surface area contributed by atoms with Crippen molar-refractivity contribution in [1.82, 2.24) is 15.1 Å². The summed E-state index contributed by atoms with van der Waals surface area (Å²) >= 11 is 1.27. The first-order valence-electron chi connectivity index (χ1n) is 6.72. The first kappa shape index (κ1) is 15.2. The van der Waals surface area contributed by atoms with Gasteiger partial charge in [0.1, 0.15) is 10.6 Å². The van der Waals surface area contributed by atoms with Gasteiger partial charge in [-0.1, -0.05) is 17.3 Å². The van der Waals surface area contributed by atoms with Gasteiger partial charge in [0.15, 0.2) is 6.61 Å². The number of hydrogen-bond acceptors (Lipinski definition) is 8. The number of aromatic nitrogens is 3.